The first kappa shape index (κ1) is 13.6. The van der Waals surface area contributed by atoms with E-state index in [1.54, 1.807) is 24.3 Å². The molecule has 2 fully saturated rings. The van der Waals surface area contributed by atoms with E-state index in [2.05, 4.69) is 6.92 Å². The van der Waals surface area contributed by atoms with Gasteiger partial charge in [0, 0.05) is 5.92 Å². The van der Waals surface area contributed by atoms with Gasteiger partial charge in [-0.25, -0.2) is 9.59 Å². The van der Waals surface area contributed by atoms with Crippen LogP contribution in [0, 0.1) is 11.8 Å². The molecule has 1 aliphatic heterocycles. The zero-order valence-corrected chi connectivity index (χ0v) is 12.5. The number of rotatable bonds is 2. The van der Waals surface area contributed by atoms with Gasteiger partial charge in [0.2, 0.25) is 0 Å². The highest BCUT2D eigenvalue weighted by Gasteiger charge is 2.65. The van der Waals surface area contributed by atoms with Gasteiger partial charge in [-0.05, 0) is 37.3 Å². The molecule has 1 saturated carbocycles. The van der Waals surface area contributed by atoms with E-state index in [0.717, 1.165) is 19.3 Å². The van der Waals surface area contributed by atoms with Crippen molar-refractivity contribution in [2.75, 3.05) is 0 Å². The molecular formula is C18H18O4. The molecule has 4 atom stereocenters. The van der Waals surface area contributed by atoms with Crippen molar-refractivity contribution in [3.8, 4) is 0 Å². The van der Waals surface area contributed by atoms with Gasteiger partial charge in [-0.2, -0.15) is 0 Å². The lowest BCUT2D eigenvalue weighted by Crippen LogP contribution is -2.48. The standard InChI is InChI=1S/C18H18O4/c1-11-9-13-7-8-15-18(13,14(10-11)17(20)21-15)22-16(19)12-5-3-2-4-6-12/h2-6,10-11,13,15H,7-9H2,1H3/t11-,13+,15+,18-/m0/s1. The van der Waals surface area contributed by atoms with Crippen LogP contribution in [0.25, 0.3) is 0 Å². The summed E-state index contributed by atoms with van der Waals surface area (Å²) in [6.07, 6.45) is 4.24. The van der Waals surface area contributed by atoms with E-state index in [1.165, 1.54) is 0 Å². The molecule has 1 aromatic carbocycles. The van der Waals surface area contributed by atoms with Crippen LogP contribution in [0.4, 0.5) is 0 Å². The molecule has 0 aromatic heterocycles. The van der Waals surface area contributed by atoms with Crippen LogP contribution in [0.3, 0.4) is 0 Å². The van der Waals surface area contributed by atoms with Gasteiger partial charge in [0.15, 0.2) is 5.60 Å². The van der Waals surface area contributed by atoms with Gasteiger partial charge in [0.25, 0.3) is 0 Å². The zero-order chi connectivity index (χ0) is 15.3. The van der Waals surface area contributed by atoms with E-state index in [1.807, 2.05) is 12.1 Å². The topological polar surface area (TPSA) is 52.6 Å². The van der Waals surface area contributed by atoms with E-state index in [0.29, 0.717) is 17.1 Å². The van der Waals surface area contributed by atoms with Crippen LogP contribution in [-0.2, 0) is 14.3 Å². The minimum absolute atomic E-state index is 0.173. The van der Waals surface area contributed by atoms with Crippen LogP contribution in [-0.4, -0.2) is 23.6 Å². The maximum atomic E-state index is 12.5. The number of ether oxygens (including phenoxy) is 2. The maximum absolute atomic E-state index is 12.5. The van der Waals surface area contributed by atoms with Gasteiger partial charge in [-0.3, -0.25) is 0 Å². The first-order valence-electron chi connectivity index (χ1n) is 7.83. The third-order valence-corrected chi connectivity index (χ3v) is 5.13. The molecule has 0 N–H and O–H groups in total. The summed E-state index contributed by atoms with van der Waals surface area (Å²) >= 11 is 0. The Morgan fingerprint density at radius 3 is 2.82 bits per heavy atom. The highest BCUT2D eigenvalue weighted by atomic mass is 16.6. The maximum Gasteiger partial charge on any atom is 0.339 e. The van der Waals surface area contributed by atoms with Gasteiger partial charge in [-0.1, -0.05) is 31.2 Å². The van der Waals surface area contributed by atoms with Crippen molar-refractivity contribution < 1.29 is 19.1 Å². The Morgan fingerprint density at radius 2 is 2.05 bits per heavy atom. The summed E-state index contributed by atoms with van der Waals surface area (Å²) < 4.78 is 11.4. The normalized spacial score (nSPS) is 35.6. The predicted molar refractivity (Wildman–Crippen MR) is 79.1 cm³/mol. The van der Waals surface area contributed by atoms with Crippen molar-refractivity contribution in [3.63, 3.8) is 0 Å². The van der Waals surface area contributed by atoms with Gasteiger partial charge in [0.05, 0.1) is 11.1 Å². The van der Waals surface area contributed by atoms with E-state index in [4.69, 9.17) is 9.47 Å². The second-order valence-corrected chi connectivity index (χ2v) is 6.51. The Kier molecular flexibility index (Phi) is 2.90. The van der Waals surface area contributed by atoms with Crippen LogP contribution >= 0.6 is 0 Å². The smallest absolute Gasteiger partial charge is 0.339 e. The number of esters is 2. The van der Waals surface area contributed by atoms with E-state index in [9.17, 15) is 9.59 Å². The molecule has 0 radical (unpaired) electrons. The monoisotopic (exact) mass is 298 g/mol. The molecule has 4 rings (SSSR count). The lowest BCUT2D eigenvalue weighted by Gasteiger charge is -2.38. The van der Waals surface area contributed by atoms with Crippen LogP contribution in [0.1, 0.15) is 36.5 Å². The Balaban J connectivity index is 1.73. The third kappa shape index (κ3) is 1.76. The number of hydrogen-bond donors (Lipinski definition) is 0. The molecule has 4 heteroatoms. The number of carbonyl (C=O) groups excluding carboxylic acids is 2. The number of benzene rings is 1. The third-order valence-electron chi connectivity index (χ3n) is 5.13. The zero-order valence-electron chi connectivity index (χ0n) is 12.5. The molecule has 1 heterocycles. The summed E-state index contributed by atoms with van der Waals surface area (Å²) in [4.78, 5) is 24.7. The van der Waals surface area contributed by atoms with E-state index in [-0.39, 0.29) is 24.0 Å². The molecule has 2 aliphatic carbocycles. The number of hydrogen-bond acceptors (Lipinski definition) is 4. The first-order valence-corrected chi connectivity index (χ1v) is 7.83. The second-order valence-electron chi connectivity index (χ2n) is 6.51. The van der Waals surface area contributed by atoms with Crippen molar-refractivity contribution >= 4 is 11.9 Å². The molecular weight excluding hydrogens is 280 g/mol. The van der Waals surface area contributed by atoms with Crippen LogP contribution in [0.5, 0.6) is 0 Å². The Morgan fingerprint density at radius 1 is 1.27 bits per heavy atom. The summed E-state index contributed by atoms with van der Waals surface area (Å²) in [6.45, 7) is 2.09. The fourth-order valence-corrected chi connectivity index (χ4v) is 4.22. The van der Waals surface area contributed by atoms with Gasteiger partial charge in [0.1, 0.15) is 6.10 Å². The van der Waals surface area contributed by atoms with Crippen molar-refractivity contribution in [2.24, 2.45) is 11.8 Å². The highest BCUT2D eigenvalue weighted by Crippen LogP contribution is 2.55. The molecule has 0 spiro atoms. The van der Waals surface area contributed by atoms with Gasteiger partial charge >= 0.3 is 11.9 Å². The SMILES string of the molecule is C[C@@H]1C=C2C(=O)O[C@@H]3CC[C@H](C1)[C@]23OC(=O)c1ccccc1. The Labute approximate surface area is 129 Å². The number of carbonyl (C=O) groups is 2. The van der Waals surface area contributed by atoms with Gasteiger partial charge < -0.3 is 9.47 Å². The Hall–Kier alpha value is -2.10. The molecule has 4 nitrogen and oxygen atoms in total. The molecule has 1 saturated heterocycles. The van der Waals surface area contributed by atoms with Crippen LogP contribution < -0.4 is 0 Å². The lowest BCUT2D eigenvalue weighted by atomic mass is 9.73. The van der Waals surface area contributed by atoms with Crippen molar-refractivity contribution in [2.45, 2.75) is 37.9 Å². The van der Waals surface area contributed by atoms with Gasteiger partial charge in [-0.15, -0.1) is 0 Å². The molecule has 114 valence electrons. The fourth-order valence-electron chi connectivity index (χ4n) is 4.22. The molecule has 1 aromatic rings. The fraction of sp³-hybridized carbons (Fsp3) is 0.444. The van der Waals surface area contributed by atoms with Crippen LogP contribution in [0.2, 0.25) is 0 Å². The second kappa shape index (κ2) is 4.70. The molecule has 3 aliphatic rings. The van der Waals surface area contributed by atoms with Crippen molar-refractivity contribution in [3.05, 3.63) is 47.5 Å². The minimum atomic E-state index is -0.865. The largest absolute Gasteiger partial charge is 0.454 e. The van der Waals surface area contributed by atoms with Crippen LogP contribution in [0.15, 0.2) is 42.0 Å². The average molecular weight is 298 g/mol. The van der Waals surface area contributed by atoms with Crippen molar-refractivity contribution in [1.82, 2.24) is 0 Å². The van der Waals surface area contributed by atoms with E-state index >= 15 is 0 Å². The summed E-state index contributed by atoms with van der Waals surface area (Å²) in [6, 6.07) is 8.92. The molecule has 0 bridgehead atoms. The average Bonchev–Trinajstić information content (AvgIpc) is 2.98. The Bertz CT molecular complexity index is 663. The first-order chi connectivity index (χ1) is 10.6. The number of allylic oxidation sites excluding steroid dienone is 1. The molecule has 0 amide bonds. The summed E-state index contributed by atoms with van der Waals surface area (Å²) in [5.41, 5.74) is 0.202. The highest BCUT2D eigenvalue weighted by molar-refractivity contribution is 5.97. The summed E-state index contributed by atoms with van der Waals surface area (Å²) in [5, 5.41) is 0. The summed E-state index contributed by atoms with van der Waals surface area (Å²) in [7, 11) is 0. The quantitative estimate of drug-likeness (QED) is 0.788. The molecule has 0 unspecified atom stereocenters. The lowest BCUT2D eigenvalue weighted by molar-refractivity contribution is -0.140. The molecule has 22 heavy (non-hydrogen) atoms. The van der Waals surface area contributed by atoms with Crippen molar-refractivity contribution in [1.29, 1.82) is 0 Å². The minimum Gasteiger partial charge on any atom is -0.454 e. The summed E-state index contributed by atoms with van der Waals surface area (Å²) in [5.74, 6) is -0.210. The van der Waals surface area contributed by atoms with E-state index < -0.39 is 5.60 Å². The predicted octanol–water partition coefficient (Wildman–Crippen LogP) is 2.88.